The highest BCUT2D eigenvalue weighted by Gasteiger charge is 2.31. The molecule has 2 N–H and O–H groups in total. The van der Waals surface area contributed by atoms with E-state index in [9.17, 15) is 13.2 Å². The summed E-state index contributed by atoms with van der Waals surface area (Å²) in [5.41, 5.74) is 3.69. The quantitative estimate of drug-likeness (QED) is 0.671. The predicted molar refractivity (Wildman–Crippen MR) is 109 cm³/mol. The second-order valence-electron chi connectivity index (χ2n) is 6.75. The van der Waals surface area contributed by atoms with Crippen LogP contribution in [-0.4, -0.2) is 19.7 Å². The lowest BCUT2D eigenvalue weighted by Crippen LogP contribution is -2.16. The number of aromatic nitrogens is 1. The van der Waals surface area contributed by atoms with Gasteiger partial charge in [0.25, 0.3) is 0 Å². The maximum Gasteiger partial charge on any atom is 0.238 e. The zero-order valence-electron chi connectivity index (χ0n) is 15.6. The number of rotatable bonds is 4. The molecule has 1 aliphatic rings. The van der Waals surface area contributed by atoms with Crippen LogP contribution >= 0.6 is 0 Å². The molecule has 1 unspecified atom stereocenters. The molecule has 1 atom stereocenters. The van der Waals surface area contributed by atoms with Crippen molar-refractivity contribution in [3.63, 3.8) is 0 Å². The number of hydrogen-bond donors (Lipinski definition) is 1. The van der Waals surface area contributed by atoms with Gasteiger partial charge in [-0.05, 0) is 43.3 Å². The van der Waals surface area contributed by atoms with Crippen molar-refractivity contribution in [1.29, 1.82) is 0 Å². The van der Waals surface area contributed by atoms with Gasteiger partial charge >= 0.3 is 0 Å². The molecule has 0 saturated carbocycles. The van der Waals surface area contributed by atoms with Crippen LogP contribution < -0.4 is 9.88 Å². The fraction of sp³-hybridized carbons (Fsp3) is 0.0909. The minimum Gasteiger partial charge on any atom is -0.456 e. The number of nitrogens with zero attached hydrogens (tertiary/aromatic N) is 1. The summed E-state index contributed by atoms with van der Waals surface area (Å²) in [5, 5.41) is 5.20. The highest BCUT2D eigenvalue weighted by Crippen LogP contribution is 2.45. The third kappa shape index (κ3) is 3.57. The van der Waals surface area contributed by atoms with Crippen molar-refractivity contribution in [3.05, 3.63) is 89.2 Å². The second kappa shape index (κ2) is 7.27. The van der Waals surface area contributed by atoms with E-state index in [4.69, 9.17) is 9.88 Å². The molecule has 2 aromatic carbocycles. The molecule has 146 valence electrons. The normalized spacial score (nSPS) is 16.1. The third-order valence-electron chi connectivity index (χ3n) is 4.83. The van der Waals surface area contributed by atoms with E-state index in [0.29, 0.717) is 22.6 Å². The van der Waals surface area contributed by atoms with Crippen molar-refractivity contribution in [2.45, 2.75) is 17.7 Å². The Morgan fingerprint density at radius 3 is 2.31 bits per heavy atom. The first-order chi connectivity index (χ1) is 13.9. The fourth-order valence-electron chi connectivity index (χ4n) is 3.38. The Morgan fingerprint density at radius 2 is 1.69 bits per heavy atom. The Morgan fingerprint density at radius 1 is 1.00 bits per heavy atom. The lowest BCUT2D eigenvalue weighted by molar-refractivity contribution is -0.108. The molecule has 0 aliphatic carbocycles. The number of carbonyl (C=O) groups excluding carboxylic acids is 1. The SMILES string of the molecule is Cc1ccc(C2=C(c3ccc(S(N)(=O)=O)cc3)Oc3ccccc3C2C=O)cn1. The maximum atomic E-state index is 12.1. The summed E-state index contributed by atoms with van der Waals surface area (Å²) in [6.07, 6.45) is 2.59. The average Bonchev–Trinajstić information content (AvgIpc) is 2.72. The van der Waals surface area contributed by atoms with E-state index in [-0.39, 0.29) is 4.90 Å². The van der Waals surface area contributed by atoms with E-state index in [1.807, 2.05) is 37.3 Å². The number of nitrogens with two attached hydrogens (primary N) is 1. The number of primary sulfonamides is 1. The molecule has 0 saturated heterocycles. The second-order valence-corrected chi connectivity index (χ2v) is 8.32. The molecule has 1 aliphatic heterocycles. The van der Waals surface area contributed by atoms with Crippen molar-refractivity contribution >= 4 is 27.6 Å². The van der Waals surface area contributed by atoms with Crippen molar-refractivity contribution in [3.8, 4) is 5.75 Å². The van der Waals surface area contributed by atoms with Crippen LogP contribution in [0.25, 0.3) is 11.3 Å². The van der Waals surface area contributed by atoms with Crippen LogP contribution in [-0.2, 0) is 14.8 Å². The highest BCUT2D eigenvalue weighted by atomic mass is 32.2. The molecule has 4 rings (SSSR count). The lowest BCUT2D eigenvalue weighted by Gasteiger charge is -2.28. The summed E-state index contributed by atoms with van der Waals surface area (Å²) < 4.78 is 29.3. The smallest absolute Gasteiger partial charge is 0.238 e. The summed E-state index contributed by atoms with van der Waals surface area (Å²) in [7, 11) is -3.81. The van der Waals surface area contributed by atoms with Crippen LogP contribution in [0, 0.1) is 6.92 Å². The van der Waals surface area contributed by atoms with Gasteiger partial charge in [-0.1, -0.05) is 24.3 Å². The van der Waals surface area contributed by atoms with Gasteiger partial charge in [-0.25, -0.2) is 13.6 Å². The van der Waals surface area contributed by atoms with E-state index in [2.05, 4.69) is 4.98 Å². The first kappa shape index (κ1) is 19.0. The van der Waals surface area contributed by atoms with Crippen molar-refractivity contribution in [1.82, 2.24) is 4.98 Å². The number of allylic oxidation sites excluding steroid dienone is 1. The summed E-state index contributed by atoms with van der Waals surface area (Å²) in [5.74, 6) is 0.517. The number of sulfonamides is 1. The molecule has 0 amide bonds. The summed E-state index contributed by atoms with van der Waals surface area (Å²) in [4.78, 5) is 16.5. The first-order valence-electron chi connectivity index (χ1n) is 8.91. The van der Waals surface area contributed by atoms with Crippen LogP contribution in [0.3, 0.4) is 0 Å². The monoisotopic (exact) mass is 406 g/mol. The Balaban J connectivity index is 1.94. The van der Waals surface area contributed by atoms with Crippen LogP contribution in [0.5, 0.6) is 5.75 Å². The van der Waals surface area contributed by atoms with Gasteiger partial charge in [0.2, 0.25) is 10.0 Å². The molecule has 1 aromatic heterocycles. The van der Waals surface area contributed by atoms with Crippen LogP contribution in [0.1, 0.15) is 28.3 Å². The summed E-state index contributed by atoms with van der Waals surface area (Å²) in [6.45, 7) is 1.88. The molecule has 7 heteroatoms. The zero-order valence-corrected chi connectivity index (χ0v) is 16.4. The molecule has 29 heavy (non-hydrogen) atoms. The van der Waals surface area contributed by atoms with Gasteiger partial charge in [0.15, 0.2) is 0 Å². The number of para-hydroxylation sites is 1. The maximum absolute atomic E-state index is 12.1. The average molecular weight is 406 g/mol. The fourth-order valence-corrected chi connectivity index (χ4v) is 3.90. The van der Waals surface area contributed by atoms with Gasteiger partial charge < -0.3 is 9.53 Å². The van der Waals surface area contributed by atoms with E-state index in [1.165, 1.54) is 12.1 Å². The van der Waals surface area contributed by atoms with Crippen molar-refractivity contribution in [2.24, 2.45) is 5.14 Å². The first-order valence-corrected chi connectivity index (χ1v) is 10.5. The molecule has 3 aromatic rings. The molecular formula is C22H18N2O4S. The van der Waals surface area contributed by atoms with Gasteiger partial charge in [0.1, 0.15) is 17.8 Å². The molecular weight excluding hydrogens is 388 g/mol. The zero-order chi connectivity index (χ0) is 20.6. The van der Waals surface area contributed by atoms with E-state index in [1.54, 1.807) is 24.4 Å². The third-order valence-corrected chi connectivity index (χ3v) is 5.75. The van der Waals surface area contributed by atoms with Crippen LogP contribution in [0.2, 0.25) is 0 Å². The lowest BCUT2D eigenvalue weighted by atomic mass is 9.84. The van der Waals surface area contributed by atoms with Gasteiger partial charge in [-0.2, -0.15) is 0 Å². The van der Waals surface area contributed by atoms with Gasteiger partial charge in [0.05, 0.1) is 10.8 Å². The van der Waals surface area contributed by atoms with Crippen LogP contribution in [0.15, 0.2) is 71.8 Å². The minimum absolute atomic E-state index is 0.00329. The van der Waals surface area contributed by atoms with Gasteiger partial charge in [-0.3, -0.25) is 4.98 Å². The Bertz CT molecular complexity index is 1210. The molecule has 2 heterocycles. The summed E-state index contributed by atoms with van der Waals surface area (Å²) >= 11 is 0. The Kier molecular flexibility index (Phi) is 4.77. The predicted octanol–water partition coefficient (Wildman–Crippen LogP) is 3.28. The topological polar surface area (TPSA) is 99.4 Å². The Hall–Kier alpha value is -3.29. The number of hydrogen-bond acceptors (Lipinski definition) is 5. The largest absolute Gasteiger partial charge is 0.456 e. The Labute approximate surface area is 168 Å². The van der Waals surface area contributed by atoms with Crippen LogP contribution in [0.4, 0.5) is 0 Å². The molecule has 0 spiro atoms. The molecule has 0 radical (unpaired) electrons. The number of ether oxygens (including phenoxy) is 1. The minimum atomic E-state index is -3.81. The number of benzene rings is 2. The number of carbonyl (C=O) groups is 1. The molecule has 0 fully saturated rings. The molecule has 6 nitrogen and oxygen atoms in total. The van der Waals surface area contributed by atoms with Gasteiger partial charge in [-0.15, -0.1) is 0 Å². The van der Waals surface area contributed by atoms with E-state index < -0.39 is 15.9 Å². The number of aldehydes is 1. The van der Waals surface area contributed by atoms with E-state index >= 15 is 0 Å². The van der Waals surface area contributed by atoms with Crippen molar-refractivity contribution in [2.75, 3.05) is 0 Å². The standard InChI is InChI=1S/C22H18N2O4S/c1-14-6-7-16(12-24-14)21-19(13-25)18-4-2-3-5-20(18)28-22(21)15-8-10-17(11-9-15)29(23,26)27/h2-13,19H,1H3,(H2,23,26,27). The molecule has 0 bridgehead atoms. The highest BCUT2D eigenvalue weighted by molar-refractivity contribution is 7.89. The number of aryl methyl sites for hydroxylation is 1. The number of pyridine rings is 1. The van der Waals surface area contributed by atoms with Gasteiger partial charge in [0, 0.05) is 34.2 Å². The summed E-state index contributed by atoms with van der Waals surface area (Å²) in [6, 6.07) is 17.2. The number of fused-ring (bicyclic) bond motifs is 1. The van der Waals surface area contributed by atoms with Crippen molar-refractivity contribution < 1.29 is 17.9 Å². The van der Waals surface area contributed by atoms with E-state index in [0.717, 1.165) is 23.1 Å².